The number of rotatable bonds is 5. The van der Waals surface area contributed by atoms with E-state index in [-0.39, 0.29) is 0 Å². The fourth-order valence-electron chi connectivity index (χ4n) is 2.10. The zero-order valence-corrected chi connectivity index (χ0v) is 11.5. The van der Waals surface area contributed by atoms with E-state index in [0.717, 1.165) is 30.0 Å². The minimum Gasteiger partial charge on any atom is -0.399 e. The van der Waals surface area contributed by atoms with E-state index in [0.29, 0.717) is 5.56 Å². The Morgan fingerprint density at radius 1 is 1.15 bits per heavy atom. The Morgan fingerprint density at radius 3 is 2.40 bits per heavy atom. The minimum atomic E-state index is -0.403. The first kappa shape index (κ1) is 13.9. The maximum absolute atomic E-state index is 11.0. The molecule has 1 amide bonds. The predicted molar refractivity (Wildman–Crippen MR) is 82.5 cm³/mol. The summed E-state index contributed by atoms with van der Waals surface area (Å²) >= 11 is 0. The zero-order chi connectivity index (χ0) is 14.5. The van der Waals surface area contributed by atoms with Crippen molar-refractivity contribution in [1.82, 2.24) is 0 Å². The number of anilines is 2. The smallest absolute Gasteiger partial charge is 0.248 e. The summed E-state index contributed by atoms with van der Waals surface area (Å²) in [5.74, 6) is -0.403. The SMILES string of the molecule is CCN(Cc1ccc(C(N)=O)cc1)c1cccc(N)c1. The lowest BCUT2D eigenvalue weighted by Gasteiger charge is -2.23. The summed E-state index contributed by atoms with van der Waals surface area (Å²) in [7, 11) is 0. The van der Waals surface area contributed by atoms with Gasteiger partial charge in [-0.15, -0.1) is 0 Å². The Balaban J connectivity index is 2.16. The number of carbonyl (C=O) groups is 1. The molecule has 20 heavy (non-hydrogen) atoms. The highest BCUT2D eigenvalue weighted by Crippen LogP contribution is 2.19. The van der Waals surface area contributed by atoms with Crippen LogP contribution in [0.15, 0.2) is 48.5 Å². The largest absolute Gasteiger partial charge is 0.399 e. The number of nitrogens with two attached hydrogens (primary N) is 2. The topological polar surface area (TPSA) is 72.3 Å². The molecule has 0 spiro atoms. The quantitative estimate of drug-likeness (QED) is 0.819. The van der Waals surface area contributed by atoms with Crippen molar-refractivity contribution < 1.29 is 4.79 Å². The van der Waals surface area contributed by atoms with Crippen LogP contribution in [0.4, 0.5) is 11.4 Å². The maximum Gasteiger partial charge on any atom is 0.248 e. The van der Waals surface area contributed by atoms with E-state index in [4.69, 9.17) is 11.5 Å². The molecule has 104 valence electrons. The molecule has 2 rings (SSSR count). The van der Waals surface area contributed by atoms with Crippen LogP contribution in [0.25, 0.3) is 0 Å². The Morgan fingerprint density at radius 2 is 1.85 bits per heavy atom. The van der Waals surface area contributed by atoms with Gasteiger partial charge in [-0.05, 0) is 42.8 Å². The van der Waals surface area contributed by atoms with E-state index < -0.39 is 5.91 Å². The number of nitrogen functional groups attached to an aromatic ring is 1. The lowest BCUT2D eigenvalue weighted by Crippen LogP contribution is -2.22. The fourth-order valence-corrected chi connectivity index (χ4v) is 2.10. The first-order valence-corrected chi connectivity index (χ1v) is 6.59. The summed E-state index contributed by atoms with van der Waals surface area (Å²) in [6.07, 6.45) is 0. The van der Waals surface area contributed by atoms with Crippen molar-refractivity contribution >= 4 is 17.3 Å². The molecule has 0 fully saturated rings. The molecule has 0 saturated heterocycles. The van der Waals surface area contributed by atoms with Crippen LogP contribution in [0.3, 0.4) is 0 Å². The predicted octanol–water partition coefficient (Wildman–Crippen LogP) is 2.39. The molecule has 4 heteroatoms. The van der Waals surface area contributed by atoms with E-state index in [1.54, 1.807) is 12.1 Å². The van der Waals surface area contributed by atoms with Crippen molar-refractivity contribution in [3.63, 3.8) is 0 Å². The molecule has 0 unspecified atom stereocenters. The summed E-state index contributed by atoms with van der Waals surface area (Å²) in [4.78, 5) is 13.3. The number of hydrogen-bond donors (Lipinski definition) is 2. The van der Waals surface area contributed by atoms with Gasteiger partial charge in [0.05, 0.1) is 0 Å². The Hall–Kier alpha value is -2.49. The summed E-state index contributed by atoms with van der Waals surface area (Å²) in [5.41, 5.74) is 14.6. The van der Waals surface area contributed by atoms with Gasteiger partial charge < -0.3 is 16.4 Å². The maximum atomic E-state index is 11.0. The molecule has 4 N–H and O–H groups in total. The van der Waals surface area contributed by atoms with Crippen LogP contribution in [0.1, 0.15) is 22.8 Å². The summed E-state index contributed by atoms with van der Waals surface area (Å²) in [6, 6.07) is 15.2. The molecule has 0 bridgehead atoms. The third-order valence-corrected chi connectivity index (χ3v) is 3.23. The Bertz CT molecular complexity index is 593. The van der Waals surface area contributed by atoms with Crippen LogP contribution in [0, 0.1) is 0 Å². The van der Waals surface area contributed by atoms with Crippen LogP contribution in [0.2, 0.25) is 0 Å². The second-order valence-electron chi connectivity index (χ2n) is 4.67. The van der Waals surface area contributed by atoms with Gasteiger partial charge in [0, 0.05) is 30.0 Å². The molecule has 0 atom stereocenters. The van der Waals surface area contributed by atoms with E-state index in [2.05, 4.69) is 11.8 Å². The van der Waals surface area contributed by atoms with Crippen LogP contribution < -0.4 is 16.4 Å². The Labute approximate surface area is 119 Å². The van der Waals surface area contributed by atoms with E-state index in [9.17, 15) is 4.79 Å². The molecule has 0 saturated carbocycles. The van der Waals surface area contributed by atoms with Crippen LogP contribution in [-0.2, 0) is 6.54 Å². The van der Waals surface area contributed by atoms with Gasteiger partial charge in [-0.1, -0.05) is 18.2 Å². The lowest BCUT2D eigenvalue weighted by molar-refractivity contribution is 0.100. The van der Waals surface area contributed by atoms with Crippen LogP contribution in [-0.4, -0.2) is 12.5 Å². The van der Waals surface area contributed by atoms with Crippen molar-refractivity contribution in [2.45, 2.75) is 13.5 Å². The number of primary amides is 1. The highest BCUT2D eigenvalue weighted by Gasteiger charge is 2.06. The molecule has 2 aromatic carbocycles. The molecule has 0 aliphatic heterocycles. The summed E-state index contributed by atoms with van der Waals surface area (Å²) in [6.45, 7) is 3.74. The van der Waals surface area contributed by atoms with E-state index in [1.807, 2.05) is 36.4 Å². The lowest BCUT2D eigenvalue weighted by atomic mass is 10.1. The second kappa shape index (κ2) is 6.10. The van der Waals surface area contributed by atoms with Crippen molar-refractivity contribution in [3.8, 4) is 0 Å². The Kier molecular flexibility index (Phi) is 4.25. The number of nitrogens with zero attached hydrogens (tertiary/aromatic N) is 1. The van der Waals surface area contributed by atoms with Crippen molar-refractivity contribution in [2.24, 2.45) is 5.73 Å². The second-order valence-corrected chi connectivity index (χ2v) is 4.67. The first-order valence-electron chi connectivity index (χ1n) is 6.59. The number of hydrogen-bond acceptors (Lipinski definition) is 3. The van der Waals surface area contributed by atoms with Gasteiger partial charge in [0.25, 0.3) is 0 Å². The monoisotopic (exact) mass is 269 g/mol. The van der Waals surface area contributed by atoms with Gasteiger partial charge in [-0.2, -0.15) is 0 Å². The fraction of sp³-hybridized carbons (Fsp3) is 0.188. The van der Waals surface area contributed by atoms with Gasteiger partial charge in [-0.25, -0.2) is 0 Å². The van der Waals surface area contributed by atoms with Gasteiger partial charge >= 0.3 is 0 Å². The van der Waals surface area contributed by atoms with E-state index in [1.165, 1.54) is 0 Å². The average Bonchev–Trinajstić information content (AvgIpc) is 2.45. The van der Waals surface area contributed by atoms with Gasteiger partial charge in [0.15, 0.2) is 0 Å². The van der Waals surface area contributed by atoms with Crippen LogP contribution in [0.5, 0.6) is 0 Å². The summed E-state index contributed by atoms with van der Waals surface area (Å²) in [5, 5.41) is 0. The first-order chi connectivity index (χ1) is 9.60. The summed E-state index contributed by atoms with van der Waals surface area (Å²) < 4.78 is 0. The standard InChI is InChI=1S/C16H19N3O/c1-2-19(15-5-3-4-14(17)10-15)11-12-6-8-13(9-7-12)16(18)20/h3-10H,2,11,17H2,1H3,(H2,18,20). The highest BCUT2D eigenvalue weighted by atomic mass is 16.1. The average molecular weight is 269 g/mol. The highest BCUT2D eigenvalue weighted by molar-refractivity contribution is 5.92. The molecule has 0 aromatic heterocycles. The van der Waals surface area contributed by atoms with Crippen LogP contribution >= 0.6 is 0 Å². The molecule has 0 heterocycles. The number of amides is 1. The van der Waals surface area contributed by atoms with Crippen molar-refractivity contribution in [1.29, 1.82) is 0 Å². The molecular formula is C16H19N3O. The van der Waals surface area contributed by atoms with Gasteiger partial charge in [-0.3, -0.25) is 4.79 Å². The van der Waals surface area contributed by atoms with Crippen molar-refractivity contribution in [3.05, 3.63) is 59.7 Å². The number of carbonyl (C=O) groups excluding carboxylic acids is 1. The van der Waals surface area contributed by atoms with Gasteiger partial charge in [0.2, 0.25) is 5.91 Å². The molecule has 4 nitrogen and oxygen atoms in total. The molecule has 0 radical (unpaired) electrons. The minimum absolute atomic E-state index is 0.403. The van der Waals surface area contributed by atoms with Crippen molar-refractivity contribution in [2.75, 3.05) is 17.2 Å². The zero-order valence-electron chi connectivity index (χ0n) is 11.5. The third-order valence-electron chi connectivity index (χ3n) is 3.23. The normalized spacial score (nSPS) is 10.2. The molecular weight excluding hydrogens is 250 g/mol. The molecule has 2 aromatic rings. The van der Waals surface area contributed by atoms with Gasteiger partial charge in [0.1, 0.15) is 0 Å². The third kappa shape index (κ3) is 3.29. The van der Waals surface area contributed by atoms with E-state index >= 15 is 0 Å². The molecule has 0 aliphatic carbocycles. The molecule has 0 aliphatic rings. The number of benzene rings is 2.